The molecule has 4 aromatic rings. The molecule has 0 unspecified atom stereocenters. The molecule has 1 heterocycles. The van der Waals surface area contributed by atoms with Gasteiger partial charge in [-0.2, -0.15) is 0 Å². The van der Waals surface area contributed by atoms with E-state index in [1.165, 1.54) is 22.9 Å². The van der Waals surface area contributed by atoms with Gasteiger partial charge in [-0.25, -0.2) is 4.79 Å². The highest BCUT2D eigenvalue weighted by atomic mass is 35.5. The molecule has 0 amide bonds. The van der Waals surface area contributed by atoms with Crippen molar-refractivity contribution in [3.05, 3.63) is 118 Å². The number of hydrogen-bond acceptors (Lipinski definition) is 3. The molecule has 0 aromatic heterocycles. The molecule has 34 heavy (non-hydrogen) atoms. The minimum Gasteiger partial charge on any atom is -0.489 e. The van der Waals surface area contributed by atoms with Gasteiger partial charge in [0.2, 0.25) is 0 Å². The molecular weight excluding hydrogens is 446 g/mol. The molecule has 5 rings (SSSR count). The van der Waals surface area contributed by atoms with Crippen molar-refractivity contribution >= 4 is 23.3 Å². The van der Waals surface area contributed by atoms with Crippen molar-refractivity contribution in [3.63, 3.8) is 0 Å². The number of carboxylic acid groups (broad SMARTS) is 1. The molecular formula is C29H24ClNO3. The predicted octanol–water partition coefficient (Wildman–Crippen LogP) is 6.85. The molecule has 1 N–H and O–H groups in total. The summed E-state index contributed by atoms with van der Waals surface area (Å²) in [5, 5.41) is 9.61. The maximum atomic E-state index is 11.2. The second-order valence-corrected chi connectivity index (χ2v) is 8.84. The van der Waals surface area contributed by atoms with Crippen LogP contribution in [-0.2, 0) is 19.6 Å². The van der Waals surface area contributed by atoms with Crippen LogP contribution >= 0.6 is 11.6 Å². The van der Waals surface area contributed by atoms with E-state index in [-0.39, 0.29) is 5.56 Å². The molecule has 0 spiro atoms. The van der Waals surface area contributed by atoms with Crippen molar-refractivity contribution in [3.8, 4) is 16.9 Å². The van der Waals surface area contributed by atoms with Gasteiger partial charge < -0.3 is 14.7 Å². The fourth-order valence-corrected chi connectivity index (χ4v) is 4.63. The van der Waals surface area contributed by atoms with Crippen LogP contribution in [-0.4, -0.2) is 17.6 Å². The summed E-state index contributed by atoms with van der Waals surface area (Å²) < 4.78 is 5.90. The molecule has 0 bridgehead atoms. The van der Waals surface area contributed by atoms with Crippen LogP contribution in [0.3, 0.4) is 0 Å². The SMILES string of the molecule is O=C(O)c1ccc(-c2ccc3c(c2)CCN3Cc2ccc(OCc3ccccc3)cc2)c(Cl)c1. The number of carboxylic acids is 1. The summed E-state index contributed by atoms with van der Waals surface area (Å²) in [5.74, 6) is -0.112. The van der Waals surface area contributed by atoms with E-state index in [4.69, 9.17) is 21.4 Å². The lowest BCUT2D eigenvalue weighted by atomic mass is 10.0. The van der Waals surface area contributed by atoms with Gasteiger partial charge in [0.25, 0.3) is 0 Å². The number of hydrogen-bond donors (Lipinski definition) is 1. The van der Waals surface area contributed by atoms with E-state index in [9.17, 15) is 4.79 Å². The smallest absolute Gasteiger partial charge is 0.335 e. The lowest BCUT2D eigenvalue weighted by Gasteiger charge is -2.20. The fraction of sp³-hybridized carbons (Fsp3) is 0.138. The lowest BCUT2D eigenvalue weighted by molar-refractivity contribution is 0.0697. The number of halogens is 1. The highest BCUT2D eigenvalue weighted by Gasteiger charge is 2.20. The molecule has 1 aliphatic rings. The second kappa shape index (κ2) is 9.62. The molecule has 4 aromatic carbocycles. The van der Waals surface area contributed by atoms with E-state index in [2.05, 4.69) is 47.4 Å². The summed E-state index contributed by atoms with van der Waals surface area (Å²) in [7, 11) is 0. The minimum atomic E-state index is -0.978. The van der Waals surface area contributed by atoms with E-state index >= 15 is 0 Å². The Labute approximate surface area is 204 Å². The van der Waals surface area contributed by atoms with Crippen molar-refractivity contribution < 1.29 is 14.6 Å². The highest BCUT2D eigenvalue weighted by Crippen LogP contribution is 2.36. The number of carbonyl (C=O) groups is 1. The Bertz CT molecular complexity index is 1320. The number of rotatable bonds is 7. The van der Waals surface area contributed by atoms with Crippen LogP contribution in [0.25, 0.3) is 11.1 Å². The maximum Gasteiger partial charge on any atom is 0.335 e. The van der Waals surface area contributed by atoms with Gasteiger partial charge in [-0.3, -0.25) is 0 Å². The van der Waals surface area contributed by atoms with Gasteiger partial charge in [0, 0.05) is 29.4 Å². The van der Waals surface area contributed by atoms with E-state index in [0.29, 0.717) is 11.6 Å². The molecule has 0 atom stereocenters. The molecule has 0 radical (unpaired) electrons. The van der Waals surface area contributed by atoms with Gasteiger partial charge >= 0.3 is 5.97 Å². The third kappa shape index (κ3) is 4.78. The van der Waals surface area contributed by atoms with Crippen molar-refractivity contribution in [2.75, 3.05) is 11.4 Å². The van der Waals surface area contributed by atoms with Gasteiger partial charge in [-0.05, 0) is 65.1 Å². The van der Waals surface area contributed by atoms with E-state index in [1.807, 2.05) is 30.3 Å². The lowest BCUT2D eigenvalue weighted by Crippen LogP contribution is -2.19. The van der Waals surface area contributed by atoms with Crippen molar-refractivity contribution in [1.29, 1.82) is 0 Å². The first-order chi connectivity index (χ1) is 16.6. The van der Waals surface area contributed by atoms with Gasteiger partial charge in [-0.15, -0.1) is 0 Å². The average Bonchev–Trinajstić information content (AvgIpc) is 3.26. The Morgan fingerprint density at radius 2 is 1.71 bits per heavy atom. The predicted molar refractivity (Wildman–Crippen MR) is 136 cm³/mol. The maximum absolute atomic E-state index is 11.2. The first-order valence-electron chi connectivity index (χ1n) is 11.2. The zero-order chi connectivity index (χ0) is 23.5. The van der Waals surface area contributed by atoms with Crippen LogP contribution in [0.4, 0.5) is 5.69 Å². The quantitative estimate of drug-likeness (QED) is 0.321. The number of ether oxygens (including phenoxy) is 1. The number of nitrogens with zero attached hydrogens (tertiary/aromatic N) is 1. The number of aromatic carboxylic acids is 1. The third-order valence-electron chi connectivity index (χ3n) is 6.14. The molecule has 0 saturated carbocycles. The Hall–Kier alpha value is -3.76. The van der Waals surface area contributed by atoms with Crippen molar-refractivity contribution in [1.82, 2.24) is 0 Å². The minimum absolute atomic E-state index is 0.192. The van der Waals surface area contributed by atoms with E-state index in [1.54, 1.807) is 12.1 Å². The first-order valence-corrected chi connectivity index (χ1v) is 11.6. The standard InChI is InChI=1S/C29H24ClNO3/c30-27-17-24(29(32)33)8-12-26(27)22-9-13-28-23(16-22)14-15-31(28)18-20-6-10-25(11-7-20)34-19-21-4-2-1-3-5-21/h1-13,16-17H,14-15,18-19H2,(H,32,33). The summed E-state index contributed by atoms with van der Waals surface area (Å²) in [4.78, 5) is 13.6. The highest BCUT2D eigenvalue weighted by molar-refractivity contribution is 6.33. The second-order valence-electron chi connectivity index (χ2n) is 8.43. The van der Waals surface area contributed by atoms with Gasteiger partial charge in [0.05, 0.1) is 5.56 Å². The fourth-order valence-electron chi connectivity index (χ4n) is 4.34. The van der Waals surface area contributed by atoms with Crippen LogP contribution in [0.5, 0.6) is 5.75 Å². The molecule has 1 aliphatic heterocycles. The normalized spacial score (nSPS) is 12.4. The number of anilines is 1. The summed E-state index contributed by atoms with van der Waals surface area (Å²) in [6, 6.07) is 29.7. The molecule has 0 aliphatic carbocycles. The summed E-state index contributed by atoms with van der Waals surface area (Å²) in [6.07, 6.45) is 0.965. The Balaban J connectivity index is 1.26. The van der Waals surface area contributed by atoms with Crippen molar-refractivity contribution in [2.45, 2.75) is 19.6 Å². The molecule has 4 nitrogen and oxygen atoms in total. The molecule has 170 valence electrons. The summed E-state index contributed by atoms with van der Waals surface area (Å²) in [5.41, 5.74) is 6.93. The monoisotopic (exact) mass is 469 g/mol. The largest absolute Gasteiger partial charge is 0.489 e. The number of benzene rings is 4. The number of fused-ring (bicyclic) bond motifs is 1. The van der Waals surface area contributed by atoms with Gasteiger partial charge in [0.1, 0.15) is 12.4 Å². The Morgan fingerprint density at radius 3 is 2.44 bits per heavy atom. The third-order valence-corrected chi connectivity index (χ3v) is 6.46. The van der Waals surface area contributed by atoms with Crippen LogP contribution in [0.2, 0.25) is 5.02 Å². The summed E-state index contributed by atoms with van der Waals surface area (Å²) in [6.45, 7) is 2.35. The van der Waals surface area contributed by atoms with Crippen LogP contribution < -0.4 is 9.64 Å². The Kier molecular flexibility index (Phi) is 6.24. The molecule has 5 heteroatoms. The van der Waals surface area contributed by atoms with Crippen LogP contribution in [0.15, 0.2) is 91.0 Å². The molecule has 0 fully saturated rings. The molecule has 0 saturated heterocycles. The van der Waals surface area contributed by atoms with E-state index in [0.717, 1.165) is 42.0 Å². The van der Waals surface area contributed by atoms with Crippen LogP contribution in [0, 0.1) is 0 Å². The topological polar surface area (TPSA) is 49.8 Å². The first kappa shape index (κ1) is 22.1. The van der Waals surface area contributed by atoms with Crippen LogP contribution in [0.1, 0.15) is 27.0 Å². The zero-order valence-electron chi connectivity index (χ0n) is 18.6. The summed E-state index contributed by atoms with van der Waals surface area (Å²) >= 11 is 6.38. The van der Waals surface area contributed by atoms with Gasteiger partial charge in [-0.1, -0.05) is 66.2 Å². The van der Waals surface area contributed by atoms with E-state index < -0.39 is 5.97 Å². The average molecular weight is 470 g/mol. The van der Waals surface area contributed by atoms with Crippen molar-refractivity contribution in [2.24, 2.45) is 0 Å². The zero-order valence-corrected chi connectivity index (χ0v) is 19.3. The van der Waals surface area contributed by atoms with Gasteiger partial charge in [0.15, 0.2) is 0 Å². The Morgan fingerprint density at radius 1 is 0.912 bits per heavy atom.